The second-order valence-corrected chi connectivity index (χ2v) is 7.30. The fourth-order valence-corrected chi connectivity index (χ4v) is 4.31. The molecule has 0 bridgehead atoms. The second-order valence-electron chi connectivity index (χ2n) is 6.16. The van der Waals surface area contributed by atoms with E-state index >= 15 is 0 Å². The summed E-state index contributed by atoms with van der Waals surface area (Å²) >= 11 is 1.84. The highest BCUT2D eigenvalue weighted by atomic mass is 32.2. The molecule has 3 aromatic rings. The Morgan fingerprint density at radius 2 is 2.20 bits per heavy atom. The van der Waals surface area contributed by atoms with Gasteiger partial charge in [0.25, 0.3) is 0 Å². The van der Waals surface area contributed by atoms with Crippen LogP contribution in [0.25, 0.3) is 16.1 Å². The number of fused-ring (bicyclic) bond motifs is 1. The van der Waals surface area contributed by atoms with Gasteiger partial charge in [0.1, 0.15) is 17.7 Å². The molecule has 2 aliphatic rings. The number of imidazole rings is 2. The van der Waals surface area contributed by atoms with Crippen molar-refractivity contribution in [3.63, 3.8) is 0 Å². The smallest absolute Gasteiger partial charge is 0.182 e. The number of aromatic nitrogens is 6. The molecule has 0 spiro atoms. The third-order valence-electron chi connectivity index (χ3n) is 4.59. The van der Waals surface area contributed by atoms with E-state index in [1.54, 1.807) is 12.7 Å². The van der Waals surface area contributed by atoms with Crippen molar-refractivity contribution in [2.45, 2.75) is 18.9 Å². The zero-order valence-electron chi connectivity index (χ0n) is 13.6. The number of thioether (sulfide) groups is 1. The van der Waals surface area contributed by atoms with Crippen molar-refractivity contribution in [1.29, 1.82) is 0 Å². The average Bonchev–Trinajstić information content (AvgIpc) is 3.41. The number of hydrogen-bond acceptors (Lipinski definition) is 7. The Bertz CT molecular complexity index is 923. The second kappa shape index (κ2) is 6.16. The molecule has 2 aliphatic heterocycles. The lowest BCUT2D eigenvalue weighted by molar-refractivity contribution is 0.612. The first-order chi connectivity index (χ1) is 12.4. The van der Waals surface area contributed by atoms with Crippen LogP contribution in [0.5, 0.6) is 0 Å². The summed E-state index contributed by atoms with van der Waals surface area (Å²) in [5.74, 6) is 2.88. The van der Waals surface area contributed by atoms with Crippen LogP contribution in [0.1, 0.15) is 30.4 Å². The minimum Gasteiger partial charge on any atom is -0.340 e. The van der Waals surface area contributed by atoms with E-state index in [2.05, 4.69) is 46.3 Å². The Morgan fingerprint density at radius 1 is 1.20 bits per heavy atom. The van der Waals surface area contributed by atoms with E-state index in [1.807, 2.05) is 18.0 Å². The van der Waals surface area contributed by atoms with Crippen LogP contribution in [-0.4, -0.2) is 48.7 Å². The van der Waals surface area contributed by atoms with Gasteiger partial charge >= 0.3 is 0 Å². The van der Waals surface area contributed by atoms with Gasteiger partial charge in [-0.3, -0.25) is 0 Å². The minimum absolute atomic E-state index is 0.352. The first kappa shape index (κ1) is 14.9. The van der Waals surface area contributed by atoms with Gasteiger partial charge in [0, 0.05) is 23.4 Å². The fourth-order valence-electron chi connectivity index (χ4n) is 3.34. The van der Waals surface area contributed by atoms with Crippen molar-refractivity contribution in [3.8, 4) is 0 Å². The molecule has 0 saturated carbocycles. The van der Waals surface area contributed by atoms with Crippen molar-refractivity contribution in [1.82, 2.24) is 35.2 Å². The van der Waals surface area contributed by atoms with Crippen LogP contribution in [0, 0.1) is 0 Å². The fraction of sp³-hybridized carbons (Fsp3) is 0.375. The number of nitrogens with zero attached hydrogens (tertiary/aromatic N) is 5. The molecule has 8 nitrogen and oxygen atoms in total. The van der Waals surface area contributed by atoms with Gasteiger partial charge in [0.2, 0.25) is 0 Å². The summed E-state index contributed by atoms with van der Waals surface area (Å²) in [5, 5.41) is 3.48. The molecule has 3 N–H and O–H groups in total. The lowest BCUT2D eigenvalue weighted by atomic mass is 10.2. The summed E-state index contributed by atoms with van der Waals surface area (Å²) in [4.78, 5) is 27.4. The summed E-state index contributed by atoms with van der Waals surface area (Å²) in [5.41, 5.74) is 2.62. The Hall–Kier alpha value is -2.39. The van der Waals surface area contributed by atoms with Gasteiger partial charge in [-0.05, 0) is 19.4 Å². The Morgan fingerprint density at radius 3 is 3.12 bits per heavy atom. The first-order valence-electron chi connectivity index (χ1n) is 8.42. The van der Waals surface area contributed by atoms with Crippen LogP contribution < -0.4 is 10.2 Å². The Kier molecular flexibility index (Phi) is 3.67. The van der Waals surface area contributed by atoms with Crippen molar-refractivity contribution in [2.24, 2.45) is 0 Å². The number of H-pyrrole nitrogens is 2. The maximum Gasteiger partial charge on any atom is 0.182 e. The molecule has 0 aliphatic carbocycles. The molecule has 0 radical (unpaired) electrons. The Labute approximate surface area is 148 Å². The maximum atomic E-state index is 4.58. The molecule has 0 amide bonds. The lowest BCUT2D eigenvalue weighted by Crippen LogP contribution is -2.24. The monoisotopic (exact) mass is 354 g/mol. The zero-order valence-corrected chi connectivity index (χ0v) is 14.4. The van der Waals surface area contributed by atoms with Crippen LogP contribution in [0.15, 0.2) is 25.1 Å². The van der Waals surface area contributed by atoms with Crippen molar-refractivity contribution >= 4 is 33.6 Å². The van der Waals surface area contributed by atoms with Gasteiger partial charge in [-0.15, -0.1) is 11.8 Å². The molecule has 1 saturated heterocycles. The summed E-state index contributed by atoms with van der Waals surface area (Å²) in [6.45, 7) is 1.96. The molecule has 9 heteroatoms. The largest absolute Gasteiger partial charge is 0.340 e. The average molecular weight is 354 g/mol. The van der Waals surface area contributed by atoms with Gasteiger partial charge in [-0.1, -0.05) is 0 Å². The summed E-state index contributed by atoms with van der Waals surface area (Å²) < 4.78 is 0. The van der Waals surface area contributed by atoms with Crippen molar-refractivity contribution < 1.29 is 0 Å². The molecule has 25 heavy (non-hydrogen) atoms. The van der Waals surface area contributed by atoms with E-state index in [1.165, 1.54) is 11.3 Å². The van der Waals surface area contributed by atoms with Crippen LogP contribution in [0.2, 0.25) is 0 Å². The summed E-state index contributed by atoms with van der Waals surface area (Å²) in [6, 6.07) is 0.352. The molecule has 5 heterocycles. The standard InChI is InChI=1S/C16H18N8S/c1-2-10(17-3-1)14-18-6-11(23-14)12-7-24(4-5-25-12)16-13-15(20-8-19-13)21-9-22-16/h6-10,17H,1-5H2,(H,18,23)(H,19,20,21,22)/t10-/m0/s1. The van der Waals surface area contributed by atoms with Crippen LogP contribution in [0.3, 0.4) is 0 Å². The number of anilines is 1. The predicted octanol–water partition coefficient (Wildman–Crippen LogP) is 2.05. The molecule has 1 fully saturated rings. The normalized spacial score (nSPS) is 21.0. The zero-order chi connectivity index (χ0) is 16.6. The molecule has 5 rings (SSSR count). The van der Waals surface area contributed by atoms with Gasteiger partial charge in [0.05, 0.1) is 24.3 Å². The SMILES string of the molecule is C1=C(c2cnc([C@@H]3CCCN3)[nH]2)SCCN1c1ncnc2nc[nH]c12. The van der Waals surface area contributed by atoms with Gasteiger partial charge in [-0.2, -0.15) is 0 Å². The molecular weight excluding hydrogens is 336 g/mol. The third-order valence-corrected chi connectivity index (χ3v) is 5.61. The van der Waals surface area contributed by atoms with Gasteiger partial charge < -0.3 is 20.2 Å². The first-order valence-corrected chi connectivity index (χ1v) is 9.41. The predicted molar refractivity (Wildman–Crippen MR) is 98.0 cm³/mol. The van der Waals surface area contributed by atoms with E-state index in [-0.39, 0.29) is 0 Å². The Balaban J connectivity index is 1.47. The van der Waals surface area contributed by atoms with Crippen LogP contribution >= 0.6 is 11.8 Å². The van der Waals surface area contributed by atoms with Crippen LogP contribution in [-0.2, 0) is 0 Å². The van der Waals surface area contributed by atoms with E-state index in [4.69, 9.17) is 0 Å². The van der Waals surface area contributed by atoms with E-state index in [0.717, 1.165) is 48.1 Å². The maximum absolute atomic E-state index is 4.58. The highest BCUT2D eigenvalue weighted by Crippen LogP contribution is 2.34. The van der Waals surface area contributed by atoms with Gasteiger partial charge in [-0.25, -0.2) is 19.9 Å². The van der Waals surface area contributed by atoms with E-state index in [9.17, 15) is 0 Å². The molecule has 3 aromatic heterocycles. The number of hydrogen-bond donors (Lipinski definition) is 3. The number of rotatable bonds is 3. The van der Waals surface area contributed by atoms with Crippen molar-refractivity contribution in [3.05, 3.63) is 36.6 Å². The quantitative estimate of drug-likeness (QED) is 0.662. The lowest BCUT2D eigenvalue weighted by Gasteiger charge is -2.25. The topological polar surface area (TPSA) is 98.4 Å². The molecule has 0 unspecified atom stereocenters. The highest BCUT2D eigenvalue weighted by molar-refractivity contribution is 8.08. The van der Waals surface area contributed by atoms with Crippen LogP contribution in [0.4, 0.5) is 5.82 Å². The highest BCUT2D eigenvalue weighted by Gasteiger charge is 2.22. The van der Waals surface area contributed by atoms with E-state index in [0.29, 0.717) is 11.7 Å². The molecule has 128 valence electrons. The van der Waals surface area contributed by atoms with E-state index < -0.39 is 0 Å². The molecular formula is C16H18N8S. The minimum atomic E-state index is 0.352. The van der Waals surface area contributed by atoms with Gasteiger partial charge in [0.15, 0.2) is 11.5 Å². The number of aromatic amines is 2. The summed E-state index contributed by atoms with van der Waals surface area (Å²) in [6.07, 6.45) is 9.64. The molecule has 0 aromatic carbocycles. The van der Waals surface area contributed by atoms with Crippen molar-refractivity contribution in [2.75, 3.05) is 23.7 Å². The third kappa shape index (κ3) is 2.69. The number of nitrogens with one attached hydrogen (secondary N) is 3. The summed E-state index contributed by atoms with van der Waals surface area (Å²) in [7, 11) is 0. The molecule has 1 atom stereocenters.